The van der Waals surface area contributed by atoms with E-state index in [4.69, 9.17) is 0 Å². The zero-order valence-electron chi connectivity index (χ0n) is 15.6. The topological polar surface area (TPSA) is 72.6 Å². The first kappa shape index (κ1) is 19.4. The van der Waals surface area contributed by atoms with Crippen LogP contribution in [0.5, 0.6) is 0 Å². The Morgan fingerprint density at radius 1 is 1.17 bits per heavy atom. The third kappa shape index (κ3) is 4.94. The lowest BCUT2D eigenvalue weighted by molar-refractivity contribution is -0.137. The lowest BCUT2D eigenvalue weighted by Crippen LogP contribution is -2.37. The number of halogens is 3. The number of hydrogen-bond acceptors (Lipinski definition) is 6. The van der Waals surface area contributed by atoms with Crippen molar-refractivity contribution in [3.8, 4) is 11.5 Å². The number of aromatic nitrogens is 6. The molecule has 152 valence electrons. The molecule has 1 aliphatic rings. The molecular formula is C19H20F3N7. The van der Waals surface area contributed by atoms with Crippen LogP contribution >= 0.6 is 0 Å². The van der Waals surface area contributed by atoms with Gasteiger partial charge in [0.15, 0.2) is 0 Å². The summed E-state index contributed by atoms with van der Waals surface area (Å²) in [4.78, 5) is 11.9. The second-order valence-electron chi connectivity index (χ2n) is 7.20. The van der Waals surface area contributed by atoms with Gasteiger partial charge in [0.1, 0.15) is 5.69 Å². The standard InChI is InChI=1S/C19H20F3N7/c20-19(21,22)16-5-1-3-14(9-16)11-28-8-2-4-15(12-28)13-29-26-18(25-27-29)17-10-23-6-7-24-17/h1,3,5-7,9-10,15H,2,4,8,11-13H2/t15-/m0/s1. The number of nitrogens with zero attached hydrogens (tertiary/aromatic N) is 7. The quantitative estimate of drug-likeness (QED) is 0.652. The molecule has 0 aliphatic carbocycles. The van der Waals surface area contributed by atoms with Gasteiger partial charge in [0, 0.05) is 25.5 Å². The van der Waals surface area contributed by atoms with Crippen LogP contribution in [-0.4, -0.2) is 48.2 Å². The summed E-state index contributed by atoms with van der Waals surface area (Å²) in [5.41, 5.74) is 0.629. The first-order valence-electron chi connectivity index (χ1n) is 9.40. The van der Waals surface area contributed by atoms with Gasteiger partial charge in [-0.25, -0.2) is 4.98 Å². The van der Waals surface area contributed by atoms with Crippen molar-refractivity contribution in [3.63, 3.8) is 0 Å². The zero-order chi connectivity index (χ0) is 20.3. The molecule has 1 aliphatic heterocycles. The van der Waals surface area contributed by atoms with Crippen LogP contribution < -0.4 is 0 Å². The summed E-state index contributed by atoms with van der Waals surface area (Å²) in [6.45, 7) is 2.74. The lowest BCUT2D eigenvalue weighted by Gasteiger charge is -2.32. The molecule has 1 saturated heterocycles. The molecule has 1 aromatic carbocycles. The molecule has 1 atom stereocenters. The average molecular weight is 403 g/mol. The third-order valence-corrected chi connectivity index (χ3v) is 4.93. The second-order valence-corrected chi connectivity index (χ2v) is 7.20. The van der Waals surface area contributed by atoms with Gasteiger partial charge in [-0.2, -0.15) is 18.0 Å². The van der Waals surface area contributed by atoms with Crippen molar-refractivity contribution in [2.45, 2.75) is 32.1 Å². The minimum atomic E-state index is -4.32. The van der Waals surface area contributed by atoms with Crippen molar-refractivity contribution in [1.82, 2.24) is 35.1 Å². The number of rotatable bonds is 5. The zero-order valence-corrected chi connectivity index (χ0v) is 15.6. The molecule has 0 N–H and O–H groups in total. The molecule has 3 heterocycles. The molecule has 0 amide bonds. The van der Waals surface area contributed by atoms with E-state index in [2.05, 4.69) is 30.3 Å². The summed E-state index contributed by atoms with van der Waals surface area (Å²) in [6.07, 6.45) is 2.41. The monoisotopic (exact) mass is 403 g/mol. The second kappa shape index (κ2) is 8.24. The smallest absolute Gasteiger partial charge is 0.299 e. The summed E-state index contributed by atoms with van der Waals surface area (Å²) < 4.78 is 38.8. The maximum absolute atomic E-state index is 12.9. The molecule has 0 saturated carbocycles. The van der Waals surface area contributed by atoms with E-state index in [1.54, 1.807) is 29.5 Å². The summed E-state index contributed by atoms with van der Waals surface area (Å²) in [5.74, 6) is 0.730. The molecule has 29 heavy (non-hydrogen) atoms. The van der Waals surface area contributed by atoms with Gasteiger partial charge in [-0.1, -0.05) is 18.2 Å². The Balaban J connectivity index is 1.37. The molecule has 2 aromatic heterocycles. The summed E-state index contributed by atoms with van der Waals surface area (Å²) >= 11 is 0. The number of alkyl halides is 3. The molecule has 10 heteroatoms. The van der Waals surface area contributed by atoms with Crippen LogP contribution in [-0.2, 0) is 19.3 Å². The van der Waals surface area contributed by atoms with E-state index in [0.29, 0.717) is 36.1 Å². The van der Waals surface area contributed by atoms with Crippen LogP contribution in [0.3, 0.4) is 0 Å². The van der Waals surface area contributed by atoms with E-state index in [9.17, 15) is 13.2 Å². The predicted octanol–water partition coefficient (Wildman–Crippen LogP) is 3.06. The first-order valence-corrected chi connectivity index (χ1v) is 9.40. The number of likely N-dealkylation sites (tertiary alicyclic amines) is 1. The Hall–Kier alpha value is -2.88. The van der Waals surface area contributed by atoms with Crippen molar-refractivity contribution in [1.29, 1.82) is 0 Å². The fraction of sp³-hybridized carbons (Fsp3) is 0.421. The first-order chi connectivity index (χ1) is 14.0. The van der Waals surface area contributed by atoms with E-state index in [0.717, 1.165) is 32.0 Å². The number of tetrazole rings is 1. The highest BCUT2D eigenvalue weighted by Crippen LogP contribution is 2.30. The minimum absolute atomic E-state index is 0.304. The minimum Gasteiger partial charge on any atom is -0.299 e. The molecule has 4 rings (SSSR count). The summed E-state index contributed by atoms with van der Waals surface area (Å²) in [7, 11) is 0. The largest absolute Gasteiger partial charge is 0.416 e. The number of hydrogen-bond donors (Lipinski definition) is 0. The maximum Gasteiger partial charge on any atom is 0.416 e. The molecule has 0 bridgehead atoms. The van der Waals surface area contributed by atoms with Crippen LogP contribution in [0, 0.1) is 5.92 Å². The van der Waals surface area contributed by atoms with Crippen molar-refractivity contribution in [2.75, 3.05) is 13.1 Å². The Labute approximate surface area is 165 Å². The average Bonchev–Trinajstić information content (AvgIpc) is 3.17. The van der Waals surface area contributed by atoms with Gasteiger partial charge in [-0.05, 0) is 42.1 Å². The van der Waals surface area contributed by atoms with Crippen molar-refractivity contribution in [2.24, 2.45) is 5.92 Å². The van der Waals surface area contributed by atoms with E-state index >= 15 is 0 Å². The normalized spacial score (nSPS) is 18.1. The van der Waals surface area contributed by atoms with Gasteiger partial charge in [0.2, 0.25) is 5.82 Å². The van der Waals surface area contributed by atoms with Crippen LogP contribution in [0.4, 0.5) is 13.2 Å². The van der Waals surface area contributed by atoms with Crippen LogP contribution in [0.2, 0.25) is 0 Å². The van der Waals surface area contributed by atoms with Crippen LogP contribution in [0.15, 0.2) is 42.9 Å². The Bertz CT molecular complexity index is 942. The number of piperidine rings is 1. The molecule has 1 fully saturated rings. The van der Waals surface area contributed by atoms with Crippen LogP contribution in [0.25, 0.3) is 11.5 Å². The van der Waals surface area contributed by atoms with Crippen molar-refractivity contribution < 1.29 is 13.2 Å². The van der Waals surface area contributed by atoms with Gasteiger partial charge >= 0.3 is 6.18 Å². The SMILES string of the molecule is FC(F)(F)c1cccc(CN2CCC[C@H](Cn3nnc(-c4cnccn4)n3)C2)c1. The van der Waals surface area contributed by atoms with Gasteiger partial charge in [0.05, 0.1) is 18.3 Å². The predicted molar refractivity (Wildman–Crippen MR) is 98.3 cm³/mol. The Morgan fingerprint density at radius 2 is 2.07 bits per heavy atom. The Kier molecular flexibility index (Phi) is 5.52. The molecule has 7 nitrogen and oxygen atoms in total. The molecule has 0 radical (unpaired) electrons. The van der Waals surface area contributed by atoms with Crippen molar-refractivity contribution in [3.05, 3.63) is 54.0 Å². The highest BCUT2D eigenvalue weighted by atomic mass is 19.4. The third-order valence-electron chi connectivity index (χ3n) is 4.93. The summed E-state index contributed by atoms with van der Waals surface area (Å²) in [6, 6.07) is 5.54. The van der Waals surface area contributed by atoms with Gasteiger partial charge < -0.3 is 0 Å². The maximum atomic E-state index is 12.9. The fourth-order valence-electron chi connectivity index (χ4n) is 3.62. The molecule has 0 spiro atoms. The van der Waals surface area contributed by atoms with E-state index in [1.165, 1.54) is 12.1 Å². The van der Waals surface area contributed by atoms with Crippen molar-refractivity contribution >= 4 is 0 Å². The highest BCUT2D eigenvalue weighted by Gasteiger charge is 2.30. The fourth-order valence-corrected chi connectivity index (χ4v) is 3.62. The molecule has 0 unspecified atom stereocenters. The van der Waals surface area contributed by atoms with Gasteiger partial charge in [-0.15, -0.1) is 10.2 Å². The molecular weight excluding hydrogens is 383 g/mol. The van der Waals surface area contributed by atoms with Gasteiger partial charge in [-0.3, -0.25) is 9.88 Å². The van der Waals surface area contributed by atoms with Crippen LogP contribution in [0.1, 0.15) is 24.0 Å². The van der Waals surface area contributed by atoms with E-state index in [-0.39, 0.29) is 0 Å². The lowest BCUT2D eigenvalue weighted by atomic mass is 9.97. The Morgan fingerprint density at radius 3 is 2.86 bits per heavy atom. The highest BCUT2D eigenvalue weighted by molar-refractivity contribution is 5.44. The van der Waals surface area contributed by atoms with E-state index < -0.39 is 11.7 Å². The molecule has 3 aromatic rings. The summed E-state index contributed by atoms with van der Waals surface area (Å²) in [5, 5.41) is 12.5. The van der Waals surface area contributed by atoms with E-state index in [1.807, 2.05) is 0 Å². The number of benzene rings is 1. The van der Waals surface area contributed by atoms with Gasteiger partial charge in [0.25, 0.3) is 0 Å².